The Morgan fingerprint density at radius 2 is 1.77 bits per heavy atom. The van der Waals surface area contributed by atoms with Gasteiger partial charge in [-0.1, -0.05) is 41.3 Å². The molecule has 0 aliphatic heterocycles. The van der Waals surface area contributed by atoms with Gasteiger partial charge in [0.1, 0.15) is 5.82 Å². The average Bonchev–Trinajstić information content (AvgIpc) is 2.97. The van der Waals surface area contributed by atoms with Crippen LogP contribution in [0, 0.1) is 5.82 Å². The maximum absolute atomic E-state index is 12.9. The van der Waals surface area contributed by atoms with Gasteiger partial charge in [-0.3, -0.25) is 10.1 Å². The minimum Gasteiger partial charge on any atom is -0.296 e. The molecule has 0 aliphatic rings. The number of benzene rings is 2. The molecule has 0 spiro atoms. The summed E-state index contributed by atoms with van der Waals surface area (Å²) >= 11 is 2.64. The number of aromatic nitrogens is 2. The second-order valence-electron chi connectivity index (χ2n) is 4.25. The molecule has 22 heavy (non-hydrogen) atoms. The van der Waals surface area contributed by atoms with Crippen LogP contribution in [0.15, 0.2) is 63.8 Å². The van der Waals surface area contributed by atoms with Gasteiger partial charge in [0.15, 0.2) is 4.34 Å². The largest absolute Gasteiger partial charge is 0.296 e. The van der Waals surface area contributed by atoms with Gasteiger partial charge in [0.25, 0.3) is 5.91 Å². The summed E-state index contributed by atoms with van der Waals surface area (Å²) in [6.45, 7) is 0. The Morgan fingerprint density at radius 3 is 2.50 bits per heavy atom. The zero-order valence-corrected chi connectivity index (χ0v) is 12.8. The zero-order chi connectivity index (χ0) is 15.4. The van der Waals surface area contributed by atoms with Crippen LogP contribution < -0.4 is 5.32 Å². The second kappa shape index (κ2) is 6.67. The van der Waals surface area contributed by atoms with E-state index in [1.165, 1.54) is 35.2 Å². The van der Waals surface area contributed by atoms with E-state index < -0.39 is 0 Å². The van der Waals surface area contributed by atoms with Crippen LogP contribution in [-0.2, 0) is 0 Å². The predicted octanol–water partition coefficient (Wildman–Crippen LogP) is 4.08. The van der Waals surface area contributed by atoms with E-state index in [-0.39, 0.29) is 11.7 Å². The number of anilines is 1. The van der Waals surface area contributed by atoms with E-state index in [2.05, 4.69) is 15.5 Å². The molecule has 0 saturated carbocycles. The van der Waals surface area contributed by atoms with Crippen molar-refractivity contribution < 1.29 is 9.18 Å². The Kier molecular flexibility index (Phi) is 4.45. The third-order valence-corrected chi connectivity index (χ3v) is 4.58. The van der Waals surface area contributed by atoms with Crippen LogP contribution >= 0.6 is 23.1 Å². The molecule has 3 aromatic rings. The fourth-order valence-electron chi connectivity index (χ4n) is 1.66. The highest BCUT2D eigenvalue weighted by molar-refractivity contribution is 8.01. The van der Waals surface area contributed by atoms with Crippen molar-refractivity contribution in [2.75, 3.05) is 5.32 Å². The number of carbonyl (C=O) groups is 1. The van der Waals surface area contributed by atoms with Crippen molar-refractivity contribution in [2.24, 2.45) is 0 Å². The highest BCUT2D eigenvalue weighted by Crippen LogP contribution is 2.31. The Morgan fingerprint density at radius 1 is 1.05 bits per heavy atom. The molecule has 0 atom stereocenters. The number of rotatable bonds is 4. The molecule has 0 radical (unpaired) electrons. The van der Waals surface area contributed by atoms with E-state index in [4.69, 9.17) is 0 Å². The van der Waals surface area contributed by atoms with Crippen molar-refractivity contribution in [3.63, 3.8) is 0 Å². The number of hydrogen-bond acceptors (Lipinski definition) is 5. The van der Waals surface area contributed by atoms with Crippen LogP contribution in [0.4, 0.5) is 9.52 Å². The lowest BCUT2D eigenvalue weighted by Crippen LogP contribution is -2.11. The average molecular weight is 331 g/mol. The molecule has 0 bridgehead atoms. The Hall–Kier alpha value is -2.25. The Balaban J connectivity index is 1.66. The summed E-state index contributed by atoms with van der Waals surface area (Å²) in [7, 11) is 0. The lowest BCUT2D eigenvalue weighted by molar-refractivity contribution is 0.102. The summed E-state index contributed by atoms with van der Waals surface area (Å²) < 4.78 is 13.5. The molecule has 0 fully saturated rings. The molecular formula is C15H10FN3OS2. The molecular weight excluding hydrogens is 321 g/mol. The second-order valence-corrected chi connectivity index (χ2v) is 6.55. The molecule has 0 saturated heterocycles. The fraction of sp³-hybridized carbons (Fsp3) is 0. The number of nitrogens with zero attached hydrogens (tertiary/aromatic N) is 2. The number of amides is 1. The van der Waals surface area contributed by atoms with Gasteiger partial charge in [-0.2, -0.15) is 0 Å². The van der Waals surface area contributed by atoms with E-state index in [9.17, 15) is 9.18 Å². The minimum absolute atomic E-state index is 0.227. The van der Waals surface area contributed by atoms with Crippen LogP contribution in [0.3, 0.4) is 0 Å². The van der Waals surface area contributed by atoms with E-state index >= 15 is 0 Å². The molecule has 1 heterocycles. The Labute approximate surface area is 134 Å². The fourth-order valence-corrected chi connectivity index (χ4v) is 3.38. The summed E-state index contributed by atoms with van der Waals surface area (Å²) in [5.41, 5.74) is 0.561. The van der Waals surface area contributed by atoms with Crippen molar-refractivity contribution in [2.45, 2.75) is 9.24 Å². The van der Waals surface area contributed by atoms with Gasteiger partial charge in [-0.25, -0.2) is 4.39 Å². The van der Waals surface area contributed by atoms with E-state index in [0.717, 1.165) is 4.90 Å². The number of carbonyl (C=O) groups excluding carboxylic acids is 1. The predicted molar refractivity (Wildman–Crippen MR) is 84.8 cm³/mol. The van der Waals surface area contributed by atoms with Gasteiger partial charge in [0.05, 0.1) is 0 Å². The van der Waals surface area contributed by atoms with Gasteiger partial charge >= 0.3 is 0 Å². The highest BCUT2D eigenvalue weighted by atomic mass is 32.2. The number of nitrogens with one attached hydrogen (secondary N) is 1. The van der Waals surface area contributed by atoms with Crippen LogP contribution in [0.1, 0.15) is 10.4 Å². The van der Waals surface area contributed by atoms with Gasteiger partial charge in [-0.15, -0.1) is 10.2 Å². The Bertz CT molecular complexity index is 775. The maximum Gasteiger partial charge on any atom is 0.257 e. The first-order chi connectivity index (χ1) is 10.7. The molecule has 1 amide bonds. The van der Waals surface area contributed by atoms with Crippen molar-refractivity contribution in [3.8, 4) is 0 Å². The lowest BCUT2D eigenvalue weighted by Gasteiger charge is -1.99. The standard InChI is InChI=1S/C15H10FN3OS2/c16-11-6-8-12(9-7-11)21-15-19-18-14(22-15)17-13(20)10-4-2-1-3-5-10/h1-9H,(H,17,18,20). The summed E-state index contributed by atoms with van der Waals surface area (Å²) in [5.74, 6) is -0.507. The lowest BCUT2D eigenvalue weighted by atomic mass is 10.2. The quantitative estimate of drug-likeness (QED) is 0.732. The molecule has 4 nitrogen and oxygen atoms in total. The smallest absolute Gasteiger partial charge is 0.257 e. The summed E-state index contributed by atoms with van der Waals surface area (Å²) in [6, 6.07) is 15.0. The number of hydrogen-bond donors (Lipinski definition) is 1. The van der Waals surface area contributed by atoms with Crippen molar-refractivity contribution in [1.82, 2.24) is 10.2 Å². The third-order valence-electron chi connectivity index (χ3n) is 2.68. The number of halogens is 1. The van der Waals surface area contributed by atoms with Gasteiger partial charge < -0.3 is 0 Å². The maximum atomic E-state index is 12.9. The first kappa shape index (κ1) is 14.7. The minimum atomic E-state index is -0.280. The van der Waals surface area contributed by atoms with Crippen molar-refractivity contribution in [1.29, 1.82) is 0 Å². The summed E-state index contributed by atoms with van der Waals surface area (Å²) in [4.78, 5) is 12.9. The van der Waals surface area contributed by atoms with Crippen molar-refractivity contribution in [3.05, 3.63) is 66.0 Å². The topological polar surface area (TPSA) is 54.9 Å². The molecule has 7 heteroatoms. The molecule has 1 N–H and O–H groups in total. The van der Waals surface area contributed by atoms with Gasteiger partial charge in [0, 0.05) is 10.5 Å². The monoisotopic (exact) mass is 331 g/mol. The molecule has 3 rings (SSSR count). The van der Waals surface area contributed by atoms with E-state index in [1.54, 1.807) is 36.4 Å². The van der Waals surface area contributed by atoms with E-state index in [0.29, 0.717) is 15.0 Å². The summed E-state index contributed by atoms with van der Waals surface area (Å²) in [5, 5.41) is 11.1. The molecule has 0 aliphatic carbocycles. The highest BCUT2D eigenvalue weighted by Gasteiger charge is 2.10. The van der Waals surface area contributed by atoms with Gasteiger partial charge in [-0.05, 0) is 36.4 Å². The summed E-state index contributed by atoms with van der Waals surface area (Å²) in [6.07, 6.45) is 0. The van der Waals surface area contributed by atoms with E-state index in [1.807, 2.05) is 6.07 Å². The van der Waals surface area contributed by atoms with Crippen LogP contribution in [0.25, 0.3) is 0 Å². The van der Waals surface area contributed by atoms with Crippen LogP contribution in [0.2, 0.25) is 0 Å². The van der Waals surface area contributed by atoms with Crippen molar-refractivity contribution >= 4 is 34.1 Å². The molecule has 1 aromatic heterocycles. The van der Waals surface area contributed by atoms with Gasteiger partial charge in [0.2, 0.25) is 5.13 Å². The van der Waals surface area contributed by atoms with Crippen LogP contribution in [-0.4, -0.2) is 16.1 Å². The molecule has 2 aromatic carbocycles. The first-order valence-corrected chi connectivity index (χ1v) is 7.97. The third kappa shape index (κ3) is 3.69. The normalized spacial score (nSPS) is 10.4. The molecule has 110 valence electrons. The SMILES string of the molecule is O=C(Nc1nnc(Sc2ccc(F)cc2)s1)c1ccccc1. The molecule has 0 unspecified atom stereocenters. The first-order valence-electron chi connectivity index (χ1n) is 6.34. The zero-order valence-electron chi connectivity index (χ0n) is 11.2. The van der Waals surface area contributed by atoms with Crippen LogP contribution in [0.5, 0.6) is 0 Å².